The van der Waals surface area contributed by atoms with Gasteiger partial charge in [-0.2, -0.15) is 0 Å². The van der Waals surface area contributed by atoms with Gasteiger partial charge < -0.3 is 20.3 Å². The number of ether oxygens (including phenoxy) is 1. The Balaban J connectivity index is 1.81. The quantitative estimate of drug-likeness (QED) is 0.299. The third kappa shape index (κ3) is 7.75. The molecule has 2 rings (SSSR count). The van der Waals surface area contributed by atoms with Crippen LogP contribution in [0.25, 0.3) is 0 Å². The first kappa shape index (κ1) is 22.6. The Bertz CT molecular complexity index is 718. The molecule has 28 heavy (non-hydrogen) atoms. The fraction of sp³-hybridized carbons (Fsp3) is 0.632. The highest BCUT2D eigenvalue weighted by molar-refractivity contribution is 7.89. The van der Waals surface area contributed by atoms with Gasteiger partial charge in [-0.3, -0.25) is 4.99 Å². The van der Waals surface area contributed by atoms with E-state index < -0.39 is 10.0 Å². The smallest absolute Gasteiger partial charge is 0.240 e. The van der Waals surface area contributed by atoms with E-state index >= 15 is 0 Å². The highest BCUT2D eigenvalue weighted by Gasteiger charge is 2.14. The molecule has 9 heteroatoms. The van der Waals surface area contributed by atoms with Crippen molar-refractivity contribution in [3.63, 3.8) is 0 Å². The van der Waals surface area contributed by atoms with Crippen molar-refractivity contribution in [2.75, 3.05) is 53.5 Å². The van der Waals surface area contributed by atoms with Crippen LogP contribution in [-0.4, -0.2) is 72.8 Å². The monoisotopic (exact) mass is 411 g/mol. The Hall–Kier alpha value is -1.68. The molecule has 0 spiro atoms. The lowest BCUT2D eigenvalue weighted by Gasteiger charge is -2.26. The Morgan fingerprint density at radius 3 is 2.68 bits per heavy atom. The number of sulfonamides is 1. The van der Waals surface area contributed by atoms with Gasteiger partial charge in [0.15, 0.2) is 5.96 Å². The molecule has 0 atom stereocenters. The summed E-state index contributed by atoms with van der Waals surface area (Å²) >= 11 is 0. The second-order valence-corrected chi connectivity index (χ2v) is 8.56. The van der Waals surface area contributed by atoms with Crippen LogP contribution in [0.2, 0.25) is 0 Å². The molecule has 1 saturated heterocycles. The molecule has 1 heterocycles. The van der Waals surface area contributed by atoms with Crippen molar-refractivity contribution in [2.45, 2.75) is 30.7 Å². The minimum absolute atomic E-state index is 0.245. The van der Waals surface area contributed by atoms with Gasteiger partial charge in [0, 0.05) is 40.3 Å². The molecule has 0 unspecified atom stereocenters. The van der Waals surface area contributed by atoms with Gasteiger partial charge in [-0.1, -0.05) is 18.6 Å². The third-order valence-corrected chi connectivity index (χ3v) is 6.12. The minimum Gasteiger partial charge on any atom is -0.383 e. The zero-order valence-electron chi connectivity index (χ0n) is 16.9. The first-order valence-electron chi connectivity index (χ1n) is 9.79. The van der Waals surface area contributed by atoms with Gasteiger partial charge in [0.2, 0.25) is 10.0 Å². The second-order valence-electron chi connectivity index (χ2n) is 6.79. The number of hydrogen-bond acceptors (Lipinski definition) is 5. The summed E-state index contributed by atoms with van der Waals surface area (Å²) < 4.78 is 32.0. The number of aliphatic imine (C=N–C) groups is 1. The van der Waals surface area contributed by atoms with E-state index in [9.17, 15) is 8.42 Å². The van der Waals surface area contributed by atoms with Crippen LogP contribution < -0.4 is 15.4 Å². The summed E-state index contributed by atoms with van der Waals surface area (Å²) in [6, 6.07) is 6.89. The molecule has 1 aliphatic heterocycles. The predicted octanol–water partition coefficient (Wildman–Crippen LogP) is 0.762. The number of nitrogens with one attached hydrogen (secondary N) is 3. The molecule has 0 bridgehead atoms. The lowest BCUT2D eigenvalue weighted by atomic mass is 10.1. The van der Waals surface area contributed by atoms with Crippen molar-refractivity contribution in [2.24, 2.45) is 4.99 Å². The van der Waals surface area contributed by atoms with Crippen LogP contribution in [0.1, 0.15) is 24.8 Å². The Labute approximate surface area is 168 Å². The maximum absolute atomic E-state index is 12.3. The van der Waals surface area contributed by atoms with E-state index in [0.717, 1.165) is 18.7 Å². The molecule has 1 aromatic rings. The topological polar surface area (TPSA) is 95.1 Å². The van der Waals surface area contributed by atoms with Gasteiger partial charge in [-0.25, -0.2) is 13.1 Å². The maximum Gasteiger partial charge on any atom is 0.240 e. The maximum atomic E-state index is 12.3. The molecule has 1 aromatic carbocycles. The van der Waals surface area contributed by atoms with Crippen LogP contribution in [0.5, 0.6) is 0 Å². The van der Waals surface area contributed by atoms with Crippen LogP contribution in [-0.2, 0) is 21.3 Å². The van der Waals surface area contributed by atoms with Gasteiger partial charge >= 0.3 is 0 Å². The van der Waals surface area contributed by atoms with Gasteiger partial charge in [0.25, 0.3) is 0 Å². The first-order chi connectivity index (χ1) is 13.5. The lowest BCUT2D eigenvalue weighted by molar-refractivity contribution is 0.204. The number of nitrogens with zero attached hydrogens (tertiary/aromatic N) is 2. The Kier molecular flexibility index (Phi) is 9.69. The van der Waals surface area contributed by atoms with Gasteiger partial charge in [-0.05, 0) is 43.6 Å². The molecular weight excluding hydrogens is 378 g/mol. The highest BCUT2D eigenvalue weighted by atomic mass is 32.2. The van der Waals surface area contributed by atoms with Gasteiger partial charge in [-0.15, -0.1) is 0 Å². The van der Waals surface area contributed by atoms with E-state index in [1.807, 2.05) is 6.07 Å². The summed E-state index contributed by atoms with van der Waals surface area (Å²) in [6.07, 6.45) is 3.91. The van der Waals surface area contributed by atoms with Crippen molar-refractivity contribution >= 4 is 16.0 Å². The molecule has 158 valence electrons. The van der Waals surface area contributed by atoms with Crippen LogP contribution in [0.3, 0.4) is 0 Å². The average molecular weight is 412 g/mol. The van der Waals surface area contributed by atoms with E-state index in [1.54, 1.807) is 25.2 Å². The largest absolute Gasteiger partial charge is 0.383 e. The van der Waals surface area contributed by atoms with Crippen molar-refractivity contribution in [3.05, 3.63) is 29.8 Å². The highest BCUT2D eigenvalue weighted by Crippen LogP contribution is 2.11. The van der Waals surface area contributed by atoms with Crippen LogP contribution in [0.15, 0.2) is 34.2 Å². The fourth-order valence-electron chi connectivity index (χ4n) is 3.11. The fourth-order valence-corrected chi connectivity index (χ4v) is 4.19. The predicted molar refractivity (Wildman–Crippen MR) is 112 cm³/mol. The molecule has 0 amide bonds. The first-order valence-corrected chi connectivity index (χ1v) is 11.3. The van der Waals surface area contributed by atoms with Crippen molar-refractivity contribution in [1.29, 1.82) is 0 Å². The Morgan fingerprint density at radius 2 is 1.96 bits per heavy atom. The summed E-state index contributed by atoms with van der Waals surface area (Å²) in [6.45, 7) is 5.25. The summed E-state index contributed by atoms with van der Waals surface area (Å²) in [5, 5.41) is 6.56. The molecule has 1 aliphatic rings. The lowest BCUT2D eigenvalue weighted by Crippen LogP contribution is -2.42. The average Bonchev–Trinajstić information content (AvgIpc) is 2.71. The summed E-state index contributed by atoms with van der Waals surface area (Å²) in [5.41, 5.74) is 0.869. The SMILES string of the molecule is CN=C(NCCN1CCCCC1)NCc1cccc(S(=O)(=O)NCCOC)c1. The van der Waals surface area contributed by atoms with Crippen LogP contribution in [0, 0.1) is 0 Å². The molecule has 0 aliphatic carbocycles. The normalized spacial score (nSPS) is 16.1. The van der Waals surface area contributed by atoms with E-state index in [4.69, 9.17) is 4.74 Å². The van der Waals surface area contributed by atoms with Crippen LogP contribution in [0.4, 0.5) is 0 Å². The number of benzene rings is 1. The van der Waals surface area contributed by atoms with Gasteiger partial charge in [0.05, 0.1) is 11.5 Å². The standard InChI is InChI=1S/C19H33N5O3S/c1-20-19(21-9-13-24-11-4-3-5-12-24)22-16-17-7-6-8-18(15-17)28(25,26)23-10-14-27-2/h6-8,15,23H,3-5,9-14,16H2,1-2H3,(H2,20,21,22). The van der Waals surface area contributed by atoms with Gasteiger partial charge in [0.1, 0.15) is 0 Å². The summed E-state index contributed by atoms with van der Waals surface area (Å²) in [7, 11) is -0.266. The number of hydrogen-bond donors (Lipinski definition) is 3. The molecule has 0 aromatic heterocycles. The van der Waals surface area contributed by atoms with E-state index in [1.165, 1.54) is 39.5 Å². The number of rotatable bonds is 10. The van der Waals surface area contributed by atoms with Crippen LogP contribution >= 0.6 is 0 Å². The number of guanidine groups is 1. The number of piperidine rings is 1. The zero-order valence-corrected chi connectivity index (χ0v) is 17.7. The molecule has 8 nitrogen and oxygen atoms in total. The Morgan fingerprint density at radius 1 is 1.18 bits per heavy atom. The van der Waals surface area contributed by atoms with E-state index in [2.05, 4.69) is 25.2 Å². The van der Waals surface area contributed by atoms with Crippen molar-refractivity contribution in [3.8, 4) is 0 Å². The third-order valence-electron chi connectivity index (χ3n) is 4.66. The van der Waals surface area contributed by atoms with E-state index in [-0.39, 0.29) is 11.4 Å². The molecular formula is C19H33N5O3S. The zero-order chi connectivity index (χ0) is 20.2. The van der Waals surface area contributed by atoms with Crippen molar-refractivity contribution < 1.29 is 13.2 Å². The summed E-state index contributed by atoms with van der Waals surface area (Å²) in [4.78, 5) is 6.95. The molecule has 0 saturated carbocycles. The molecule has 1 fully saturated rings. The molecule has 3 N–H and O–H groups in total. The summed E-state index contributed by atoms with van der Waals surface area (Å²) in [5.74, 6) is 0.712. The number of methoxy groups -OCH3 is 1. The molecule has 0 radical (unpaired) electrons. The van der Waals surface area contributed by atoms with Crippen molar-refractivity contribution in [1.82, 2.24) is 20.3 Å². The minimum atomic E-state index is -3.53. The second kappa shape index (κ2) is 12.0. The number of likely N-dealkylation sites (tertiary alicyclic amines) is 1. The van der Waals surface area contributed by atoms with E-state index in [0.29, 0.717) is 19.1 Å².